The Hall–Kier alpha value is -2.00. The average molecular weight is 344 g/mol. The molecule has 1 heterocycles. The maximum atomic E-state index is 12.5. The van der Waals surface area contributed by atoms with Gasteiger partial charge in [0, 0.05) is 18.7 Å². The highest BCUT2D eigenvalue weighted by atomic mass is 35.5. The van der Waals surface area contributed by atoms with Gasteiger partial charge in [-0.15, -0.1) is 11.6 Å². The summed E-state index contributed by atoms with van der Waals surface area (Å²) in [5.74, 6) is 0.906. The van der Waals surface area contributed by atoms with Gasteiger partial charge in [0.2, 0.25) is 0 Å². The molecule has 3 rings (SSSR count). The molecule has 1 unspecified atom stereocenters. The van der Waals surface area contributed by atoms with Crippen molar-refractivity contribution < 1.29 is 9.53 Å². The minimum absolute atomic E-state index is 0.119. The Labute approximate surface area is 148 Å². The van der Waals surface area contributed by atoms with E-state index in [1.807, 2.05) is 53.4 Å². The van der Waals surface area contributed by atoms with E-state index in [-0.39, 0.29) is 11.3 Å². The van der Waals surface area contributed by atoms with Crippen molar-refractivity contribution in [2.75, 3.05) is 20.2 Å². The number of amides is 1. The molecule has 3 nitrogen and oxygen atoms in total. The molecule has 1 fully saturated rings. The van der Waals surface area contributed by atoms with Crippen LogP contribution < -0.4 is 4.74 Å². The van der Waals surface area contributed by atoms with Crippen molar-refractivity contribution in [3.05, 3.63) is 65.2 Å². The Morgan fingerprint density at radius 3 is 2.42 bits per heavy atom. The second kappa shape index (κ2) is 7.71. The number of piperidine rings is 1. The molecule has 0 bridgehead atoms. The fraction of sp³-hybridized carbons (Fsp3) is 0.350. The third-order valence-electron chi connectivity index (χ3n) is 4.48. The summed E-state index contributed by atoms with van der Waals surface area (Å²) in [6, 6.07) is 15.4. The predicted molar refractivity (Wildman–Crippen MR) is 96.9 cm³/mol. The third-order valence-corrected chi connectivity index (χ3v) is 4.98. The van der Waals surface area contributed by atoms with Gasteiger partial charge in [0.05, 0.1) is 12.5 Å². The minimum Gasteiger partial charge on any atom is -0.497 e. The first-order valence-electron chi connectivity index (χ1n) is 8.36. The lowest BCUT2D eigenvalue weighted by Gasteiger charge is -2.26. The minimum atomic E-state index is -0.265. The molecule has 4 heteroatoms. The van der Waals surface area contributed by atoms with Gasteiger partial charge in [-0.3, -0.25) is 4.79 Å². The molecule has 1 amide bonds. The van der Waals surface area contributed by atoms with Gasteiger partial charge in [0.1, 0.15) is 5.75 Å². The standard InChI is InChI=1S/C20H22ClNO2/c1-24-18-7-5-6-17(14-18)19(21)15-8-10-16(11-9-15)20(23)22-12-3-2-4-13-22/h5-11,14,19H,2-4,12-13H2,1H3. The summed E-state index contributed by atoms with van der Waals surface area (Å²) in [5.41, 5.74) is 2.68. The molecular formula is C20H22ClNO2. The zero-order valence-electron chi connectivity index (χ0n) is 13.9. The lowest BCUT2D eigenvalue weighted by Crippen LogP contribution is -2.35. The predicted octanol–water partition coefficient (Wildman–Crippen LogP) is 4.65. The summed E-state index contributed by atoms with van der Waals surface area (Å²) < 4.78 is 5.25. The van der Waals surface area contributed by atoms with Crippen LogP contribution in [0.2, 0.25) is 0 Å². The molecule has 0 N–H and O–H groups in total. The van der Waals surface area contributed by atoms with Crippen molar-refractivity contribution in [1.82, 2.24) is 4.90 Å². The first kappa shape index (κ1) is 16.8. The fourth-order valence-electron chi connectivity index (χ4n) is 3.07. The molecule has 0 aromatic heterocycles. The first-order valence-corrected chi connectivity index (χ1v) is 8.80. The fourth-order valence-corrected chi connectivity index (χ4v) is 3.35. The SMILES string of the molecule is COc1cccc(C(Cl)c2ccc(C(=O)N3CCCCC3)cc2)c1. The van der Waals surface area contributed by atoms with Gasteiger partial charge in [0.15, 0.2) is 0 Å². The largest absolute Gasteiger partial charge is 0.497 e. The maximum Gasteiger partial charge on any atom is 0.253 e. The molecule has 0 spiro atoms. The van der Waals surface area contributed by atoms with E-state index in [1.165, 1.54) is 6.42 Å². The van der Waals surface area contributed by atoms with Crippen molar-refractivity contribution in [3.63, 3.8) is 0 Å². The first-order chi connectivity index (χ1) is 11.7. The normalized spacial score (nSPS) is 15.8. The maximum absolute atomic E-state index is 12.5. The highest BCUT2D eigenvalue weighted by Gasteiger charge is 2.19. The number of hydrogen-bond acceptors (Lipinski definition) is 2. The van der Waals surface area contributed by atoms with Crippen LogP contribution in [0.15, 0.2) is 48.5 Å². The van der Waals surface area contributed by atoms with E-state index in [9.17, 15) is 4.79 Å². The van der Waals surface area contributed by atoms with Crippen molar-refractivity contribution in [2.45, 2.75) is 24.6 Å². The number of nitrogens with zero attached hydrogens (tertiary/aromatic N) is 1. The zero-order chi connectivity index (χ0) is 16.9. The molecule has 0 aliphatic carbocycles. The van der Waals surface area contributed by atoms with Crippen LogP contribution in [0.5, 0.6) is 5.75 Å². The Morgan fingerprint density at radius 2 is 1.75 bits per heavy atom. The van der Waals surface area contributed by atoms with Crippen molar-refractivity contribution in [1.29, 1.82) is 0 Å². The molecule has 1 aliphatic rings. The van der Waals surface area contributed by atoms with Gasteiger partial charge >= 0.3 is 0 Å². The second-order valence-corrected chi connectivity index (χ2v) is 6.55. The molecule has 0 saturated carbocycles. The van der Waals surface area contributed by atoms with Gasteiger partial charge in [-0.25, -0.2) is 0 Å². The monoisotopic (exact) mass is 343 g/mol. The van der Waals surface area contributed by atoms with E-state index >= 15 is 0 Å². The third kappa shape index (κ3) is 3.73. The van der Waals surface area contributed by atoms with Crippen molar-refractivity contribution in [2.24, 2.45) is 0 Å². The number of benzene rings is 2. The van der Waals surface area contributed by atoms with Crippen LogP contribution in [-0.4, -0.2) is 31.0 Å². The van der Waals surface area contributed by atoms with E-state index in [0.717, 1.165) is 48.4 Å². The number of alkyl halides is 1. The van der Waals surface area contributed by atoms with Crippen LogP contribution in [0.3, 0.4) is 0 Å². The number of methoxy groups -OCH3 is 1. The quantitative estimate of drug-likeness (QED) is 0.756. The average Bonchev–Trinajstić information content (AvgIpc) is 2.67. The lowest BCUT2D eigenvalue weighted by atomic mass is 10.0. The molecule has 0 radical (unpaired) electrons. The highest BCUT2D eigenvalue weighted by Crippen LogP contribution is 2.31. The van der Waals surface area contributed by atoms with Crippen LogP contribution >= 0.6 is 11.6 Å². The Balaban J connectivity index is 1.74. The van der Waals surface area contributed by atoms with Crippen LogP contribution in [0.4, 0.5) is 0 Å². The second-order valence-electron chi connectivity index (χ2n) is 6.11. The smallest absolute Gasteiger partial charge is 0.253 e. The molecule has 2 aromatic rings. The lowest BCUT2D eigenvalue weighted by molar-refractivity contribution is 0.0724. The van der Waals surface area contributed by atoms with Crippen LogP contribution in [0.25, 0.3) is 0 Å². The van der Waals surface area contributed by atoms with E-state index in [2.05, 4.69) is 0 Å². The number of rotatable bonds is 4. The summed E-state index contributed by atoms with van der Waals surface area (Å²) in [7, 11) is 1.64. The summed E-state index contributed by atoms with van der Waals surface area (Å²) >= 11 is 6.59. The van der Waals surface area contributed by atoms with Gasteiger partial charge in [-0.1, -0.05) is 24.3 Å². The van der Waals surface area contributed by atoms with E-state index in [0.29, 0.717) is 0 Å². The van der Waals surface area contributed by atoms with Crippen LogP contribution in [-0.2, 0) is 0 Å². The highest BCUT2D eigenvalue weighted by molar-refractivity contribution is 6.22. The summed E-state index contributed by atoms with van der Waals surface area (Å²) in [5, 5.41) is -0.265. The molecule has 24 heavy (non-hydrogen) atoms. The van der Waals surface area contributed by atoms with Gasteiger partial charge in [-0.05, 0) is 54.7 Å². The molecule has 1 atom stereocenters. The van der Waals surface area contributed by atoms with E-state index in [1.54, 1.807) is 7.11 Å². The van der Waals surface area contributed by atoms with E-state index < -0.39 is 0 Å². The van der Waals surface area contributed by atoms with E-state index in [4.69, 9.17) is 16.3 Å². The van der Waals surface area contributed by atoms with Crippen LogP contribution in [0.1, 0.15) is 46.1 Å². The summed E-state index contributed by atoms with van der Waals surface area (Å²) in [6.07, 6.45) is 3.42. The molecule has 126 valence electrons. The summed E-state index contributed by atoms with van der Waals surface area (Å²) in [6.45, 7) is 1.73. The van der Waals surface area contributed by atoms with Gasteiger partial charge in [-0.2, -0.15) is 0 Å². The number of halogens is 1. The van der Waals surface area contributed by atoms with Crippen molar-refractivity contribution in [3.8, 4) is 5.75 Å². The van der Waals surface area contributed by atoms with Crippen LogP contribution in [0, 0.1) is 0 Å². The van der Waals surface area contributed by atoms with Gasteiger partial charge in [0.25, 0.3) is 5.91 Å². The Kier molecular flexibility index (Phi) is 5.41. The summed E-state index contributed by atoms with van der Waals surface area (Å²) in [4.78, 5) is 14.5. The number of ether oxygens (including phenoxy) is 1. The number of carbonyl (C=O) groups excluding carboxylic acids is 1. The zero-order valence-corrected chi connectivity index (χ0v) is 14.6. The number of likely N-dealkylation sites (tertiary alicyclic amines) is 1. The Bertz CT molecular complexity index is 693. The molecular weight excluding hydrogens is 322 g/mol. The molecule has 2 aromatic carbocycles. The Morgan fingerprint density at radius 1 is 1.04 bits per heavy atom. The molecule has 1 saturated heterocycles. The topological polar surface area (TPSA) is 29.5 Å². The number of carbonyl (C=O) groups is 1. The number of hydrogen-bond donors (Lipinski definition) is 0. The molecule has 1 aliphatic heterocycles. The van der Waals surface area contributed by atoms with Gasteiger partial charge < -0.3 is 9.64 Å². The van der Waals surface area contributed by atoms with Crippen molar-refractivity contribution >= 4 is 17.5 Å².